The minimum Gasteiger partial charge on any atom is -0.457 e. The van der Waals surface area contributed by atoms with E-state index in [1.54, 1.807) is 0 Å². The van der Waals surface area contributed by atoms with Crippen LogP contribution in [0.4, 0.5) is 17.1 Å². The Morgan fingerprint density at radius 2 is 0.742 bits per heavy atom. The number of nitrogens with zero attached hydrogens (tertiary/aromatic N) is 6. The van der Waals surface area contributed by atoms with Gasteiger partial charge in [-0.2, -0.15) is 0 Å². The highest BCUT2D eigenvalue weighted by atomic mass is 16.5. The predicted octanol–water partition coefficient (Wildman–Crippen LogP) is 22.4. The molecule has 7 nitrogen and oxygen atoms in total. The molecule has 18 rings (SSSR count). The van der Waals surface area contributed by atoms with Gasteiger partial charge in [-0.15, -0.1) is 0 Å². The highest BCUT2D eigenvalue weighted by Gasteiger charge is 2.27. The molecule has 0 aliphatic carbocycles. The Morgan fingerprint density at radius 3 is 1.26 bits per heavy atom. The molecule has 0 spiro atoms. The minimum absolute atomic E-state index is 0.741. The van der Waals surface area contributed by atoms with Gasteiger partial charge in [-0.1, -0.05) is 188 Å². The maximum Gasteiger partial charge on any atom is 0.137 e. The molecule has 0 saturated heterocycles. The summed E-state index contributed by atoms with van der Waals surface area (Å²) in [5.74, 6) is 2.32. The van der Waals surface area contributed by atoms with Crippen LogP contribution in [0.5, 0.6) is 11.5 Å². The molecule has 17 aromatic rings. The van der Waals surface area contributed by atoms with E-state index in [4.69, 9.17) is 9.72 Å². The quantitative estimate of drug-likeness (QED) is 0.129. The first-order chi connectivity index (χ1) is 45.9. The van der Waals surface area contributed by atoms with Crippen molar-refractivity contribution in [2.24, 2.45) is 0 Å². The van der Waals surface area contributed by atoms with Gasteiger partial charge in [0.05, 0.1) is 62.5 Å². The van der Waals surface area contributed by atoms with Crippen LogP contribution in [0, 0.1) is 6.92 Å². The van der Waals surface area contributed by atoms with E-state index in [1.165, 1.54) is 77.4 Å². The molecular weight excluding hydrogens is 1130 g/mol. The van der Waals surface area contributed by atoms with E-state index in [-0.39, 0.29) is 0 Å². The summed E-state index contributed by atoms with van der Waals surface area (Å²) < 4.78 is 14.2. The maximum absolute atomic E-state index is 6.85. The molecule has 0 N–H and O–H groups in total. The molecule has 0 amide bonds. The van der Waals surface area contributed by atoms with Crippen molar-refractivity contribution < 1.29 is 4.74 Å². The summed E-state index contributed by atoms with van der Waals surface area (Å²) >= 11 is 0. The van der Waals surface area contributed by atoms with Crippen LogP contribution in [-0.4, -0.2) is 32.4 Å². The van der Waals surface area contributed by atoms with Crippen LogP contribution in [0.25, 0.3) is 138 Å². The maximum atomic E-state index is 6.85. The second-order valence-electron chi connectivity index (χ2n) is 24.5. The first-order valence-electron chi connectivity index (χ1n) is 31.8. The van der Waals surface area contributed by atoms with E-state index in [0.29, 0.717) is 0 Å². The van der Waals surface area contributed by atoms with Gasteiger partial charge in [0.25, 0.3) is 0 Å². The average Bonchev–Trinajstić information content (AvgIpc) is 1.59. The number of aromatic nitrogens is 4. The molecule has 0 fully saturated rings. The molecular formula is C86H60N6O. The summed E-state index contributed by atoms with van der Waals surface area (Å²) in [5, 5.41) is 6.97. The molecule has 1 aliphatic rings. The van der Waals surface area contributed by atoms with E-state index >= 15 is 0 Å². The lowest BCUT2D eigenvalue weighted by Gasteiger charge is -2.22. The summed E-state index contributed by atoms with van der Waals surface area (Å²) in [6.07, 6.45) is 2.12. The fourth-order valence-electron chi connectivity index (χ4n) is 14.6. The summed E-state index contributed by atoms with van der Waals surface area (Å²) in [4.78, 5) is 10.2. The van der Waals surface area contributed by atoms with Crippen LogP contribution < -0.4 is 14.5 Å². The van der Waals surface area contributed by atoms with Crippen molar-refractivity contribution in [2.75, 3.05) is 23.5 Å². The number of pyridine rings is 1. The number of hydrogen-bond acceptors (Lipinski definition) is 4. The molecule has 0 radical (unpaired) electrons. The number of aryl methyl sites for hydroxylation is 1. The zero-order valence-electron chi connectivity index (χ0n) is 51.3. The normalized spacial score (nSPS) is 12.3. The number of anilines is 3. The van der Waals surface area contributed by atoms with Gasteiger partial charge in [-0.05, 0) is 166 Å². The van der Waals surface area contributed by atoms with Crippen LogP contribution in [0.3, 0.4) is 0 Å². The van der Waals surface area contributed by atoms with Gasteiger partial charge in [-0.25, -0.2) is 4.98 Å². The Balaban J connectivity index is 0.854. The summed E-state index contributed by atoms with van der Waals surface area (Å²) in [5.41, 5.74) is 24.6. The average molecular weight is 1190 g/mol. The monoisotopic (exact) mass is 1190 g/mol. The van der Waals surface area contributed by atoms with E-state index < -0.39 is 0 Å². The predicted molar refractivity (Wildman–Crippen MR) is 388 cm³/mol. The fraction of sp³-hybridized carbons (Fsp3) is 0.0349. The molecule has 7 heteroatoms. The smallest absolute Gasteiger partial charge is 0.137 e. The van der Waals surface area contributed by atoms with Gasteiger partial charge in [0.15, 0.2) is 0 Å². The highest BCUT2D eigenvalue weighted by molar-refractivity contribution is 6.15. The van der Waals surface area contributed by atoms with Gasteiger partial charge in [0, 0.05) is 74.5 Å². The van der Waals surface area contributed by atoms with E-state index in [9.17, 15) is 0 Å². The van der Waals surface area contributed by atoms with E-state index in [0.717, 1.165) is 102 Å². The number of rotatable bonds is 11. The lowest BCUT2D eigenvalue weighted by atomic mass is 9.97. The van der Waals surface area contributed by atoms with Crippen molar-refractivity contribution in [1.29, 1.82) is 0 Å². The number of ether oxygens (including phenoxy) is 1. The number of fused-ring (bicyclic) bond motifs is 10. The van der Waals surface area contributed by atoms with Crippen molar-refractivity contribution in [1.82, 2.24) is 18.7 Å². The van der Waals surface area contributed by atoms with Crippen LogP contribution >= 0.6 is 0 Å². The van der Waals surface area contributed by atoms with Gasteiger partial charge in [0.2, 0.25) is 0 Å². The SMILES string of the molecule is Cc1cc(-n2c3ccccc3c3ccc(Oc4cccc(N5CN(C)c6ccccc65)c4)cc32)ncc1-c1c(-n2c3ccc(-c4ccccc4)cc3c3cc(-c4ccccc4)ccc32)cccc1-n1c2ccc(-c3ccccc3)cc2c2cc(-c3ccccc3)ccc21. The Morgan fingerprint density at radius 1 is 0.312 bits per heavy atom. The van der Waals surface area contributed by atoms with Crippen molar-refractivity contribution in [2.45, 2.75) is 6.92 Å². The second-order valence-corrected chi connectivity index (χ2v) is 24.5. The third kappa shape index (κ3) is 8.99. The molecule has 5 heterocycles. The third-order valence-electron chi connectivity index (χ3n) is 19.0. The Bertz CT molecular complexity index is 5380. The topological polar surface area (TPSA) is 43.4 Å². The van der Waals surface area contributed by atoms with Gasteiger partial charge < -0.3 is 23.7 Å². The largest absolute Gasteiger partial charge is 0.457 e. The van der Waals surface area contributed by atoms with Crippen LogP contribution in [0.15, 0.2) is 316 Å². The molecule has 0 saturated carbocycles. The van der Waals surface area contributed by atoms with Crippen molar-refractivity contribution in [3.8, 4) is 84.3 Å². The Labute approximate surface area is 538 Å². The van der Waals surface area contributed by atoms with Gasteiger partial charge in [0.1, 0.15) is 17.3 Å². The van der Waals surface area contributed by atoms with Crippen molar-refractivity contribution in [3.05, 3.63) is 321 Å². The molecule has 4 aromatic heterocycles. The Hall–Kier alpha value is -12.2. The van der Waals surface area contributed by atoms with Gasteiger partial charge in [-0.3, -0.25) is 4.57 Å². The number of para-hydroxylation sites is 3. The molecule has 0 atom stereocenters. The van der Waals surface area contributed by atoms with Crippen molar-refractivity contribution in [3.63, 3.8) is 0 Å². The van der Waals surface area contributed by atoms with Crippen LogP contribution in [-0.2, 0) is 0 Å². The van der Waals surface area contributed by atoms with Crippen molar-refractivity contribution >= 4 is 82.5 Å². The second kappa shape index (κ2) is 21.8. The molecule has 0 bridgehead atoms. The molecule has 0 unspecified atom stereocenters. The first-order valence-corrected chi connectivity index (χ1v) is 31.8. The number of benzene rings is 13. The molecule has 440 valence electrons. The van der Waals surface area contributed by atoms with Gasteiger partial charge >= 0.3 is 0 Å². The van der Waals surface area contributed by atoms with Crippen LogP contribution in [0.1, 0.15) is 5.56 Å². The zero-order valence-corrected chi connectivity index (χ0v) is 51.3. The lowest BCUT2D eigenvalue weighted by Crippen LogP contribution is -2.23. The third-order valence-corrected chi connectivity index (χ3v) is 19.0. The summed E-state index contributed by atoms with van der Waals surface area (Å²) in [6, 6.07) is 112. The molecule has 93 heavy (non-hydrogen) atoms. The molecule has 13 aromatic carbocycles. The summed E-state index contributed by atoms with van der Waals surface area (Å²) in [6.45, 7) is 3.01. The van der Waals surface area contributed by atoms with E-state index in [1.807, 2.05) is 6.07 Å². The zero-order chi connectivity index (χ0) is 61.7. The highest BCUT2D eigenvalue weighted by Crippen LogP contribution is 2.47. The lowest BCUT2D eigenvalue weighted by molar-refractivity contribution is 0.483. The summed E-state index contributed by atoms with van der Waals surface area (Å²) in [7, 11) is 2.14. The molecule has 1 aliphatic heterocycles. The Kier molecular flexibility index (Phi) is 12.6. The number of hydrogen-bond donors (Lipinski definition) is 0. The standard InChI is InChI=1S/C86H60N6O/c1-56-47-85(92-75-32-16-15-31-68(75)69-42-41-67(53-84(69)92)93-66-30-19-29-65(52-66)89-55-88(2)80-33-17-18-34-81(80)89)87-54-74(56)86-82(90-76-43-37-61(57-21-7-3-8-22-57)48-70(76)71-49-62(38-44-77(71)90)58-23-9-4-10-24-58)35-20-36-83(86)91-78-45-39-63(59-25-11-5-12-26-59)50-72(78)73-51-64(40-46-79(73)91)60-27-13-6-14-28-60/h3-54H,55H2,1-2H3. The van der Waals surface area contributed by atoms with Crippen LogP contribution in [0.2, 0.25) is 0 Å². The first kappa shape index (κ1) is 53.8. The van der Waals surface area contributed by atoms with E-state index in [2.05, 4.69) is 347 Å². The minimum atomic E-state index is 0.741. The fourth-order valence-corrected chi connectivity index (χ4v) is 14.6.